The van der Waals surface area contributed by atoms with E-state index in [2.05, 4.69) is 20.2 Å². The molecule has 0 spiro atoms. The standard InChI is InChI=1S/C16H20N4O2.HI/c1-17-16(19-10-13-6-9-21-12-13)20-8-5-14(11-20)22-15-4-2-3-7-18-15;/h2-4,6-7,9,12,14H,5,8,10-11H2,1H3,(H,17,19);1H. The molecule has 2 aromatic heterocycles. The van der Waals surface area contributed by atoms with Gasteiger partial charge in [-0.3, -0.25) is 4.99 Å². The Labute approximate surface area is 153 Å². The number of hydrogen-bond acceptors (Lipinski definition) is 4. The maximum atomic E-state index is 5.90. The van der Waals surface area contributed by atoms with E-state index in [1.54, 1.807) is 25.8 Å². The topological polar surface area (TPSA) is 62.9 Å². The molecule has 0 aromatic carbocycles. The van der Waals surface area contributed by atoms with Crippen LogP contribution in [0.5, 0.6) is 5.88 Å². The van der Waals surface area contributed by atoms with Gasteiger partial charge in [0.25, 0.3) is 0 Å². The van der Waals surface area contributed by atoms with E-state index >= 15 is 0 Å². The number of furan rings is 1. The Kier molecular flexibility index (Phi) is 6.69. The number of pyridine rings is 1. The van der Waals surface area contributed by atoms with Crippen LogP contribution in [0.1, 0.15) is 12.0 Å². The van der Waals surface area contributed by atoms with E-state index < -0.39 is 0 Å². The second-order valence-corrected chi connectivity index (χ2v) is 5.17. The van der Waals surface area contributed by atoms with Gasteiger partial charge in [-0.15, -0.1) is 24.0 Å². The van der Waals surface area contributed by atoms with Gasteiger partial charge in [0.05, 0.1) is 19.1 Å². The van der Waals surface area contributed by atoms with Gasteiger partial charge in [0.2, 0.25) is 5.88 Å². The molecule has 0 aliphatic carbocycles. The number of nitrogens with zero attached hydrogens (tertiary/aromatic N) is 3. The monoisotopic (exact) mass is 428 g/mol. The van der Waals surface area contributed by atoms with Crippen molar-refractivity contribution in [3.63, 3.8) is 0 Å². The maximum absolute atomic E-state index is 5.90. The fourth-order valence-electron chi connectivity index (χ4n) is 2.51. The van der Waals surface area contributed by atoms with Gasteiger partial charge in [-0.05, 0) is 12.1 Å². The van der Waals surface area contributed by atoms with Crippen molar-refractivity contribution >= 4 is 29.9 Å². The first-order chi connectivity index (χ1) is 10.8. The molecule has 1 aliphatic heterocycles. The van der Waals surface area contributed by atoms with Crippen LogP contribution in [0.4, 0.5) is 0 Å². The van der Waals surface area contributed by atoms with Gasteiger partial charge in [0.1, 0.15) is 6.10 Å². The Morgan fingerprint density at radius 1 is 1.48 bits per heavy atom. The third-order valence-electron chi connectivity index (χ3n) is 3.61. The summed E-state index contributed by atoms with van der Waals surface area (Å²) in [6, 6.07) is 7.64. The van der Waals surface area contributed by atoms with Gasteiger partial charge >= 0.3 is 0 Å². The summed E-state index contributed by atoms with van der Waals surface area (Å²) in [5.74, 6) is 1.56. The molecular formula is C16H21IN4O2. The molecular weight excluding hydrogens is 407 g/mol. The van der Waals surface area contributed by atoms with Crippen LogP contribution in [-0.2, 0) is 6.54 Å². The van der Waals surface area contributed by atoms with Crippen molar-refractivity contribution < 1.29 is 9.15 Å². The number of aliphatic imine (C=N–C) groups is 1. The molecule has 124 valence electrons. The molecule has 2 aromatic rings. The first-order valence-electron chi connectivity index (χ1n) is 7.39. The summed E-state index contributed by atoms with van der Waals surface area (Å²) < 4.78 is 11.0. The van der Waals surface area contributed by atoms with E-state index in [9.17, 15) is 0 Å². The lowest BCUT2D eigenvalue weighted by molar-refractivity contribution is 0.205. The molecule has 0 bridgehead atoms. The summed E-state index contributed by atoms with van der Waals surface area (Å²) >= 11 is 0. The minimum atomic E-state index is 0. The number of likely N-dealkylation sites (tertiary alicyclic amines) is 1. The van der Waals surface area contributed by atoms with Crippen LogP contribution < -0.4 is 10.1 Å². The van der Waals surface area contributed by atoms with Crippen LogP contribution >= 0.6 is 24.0 Å². The van der Waals surface area contributed by atoms with Crippen LogP contribution in [-0.4, -0.2) is 42.1 Å². The molecule has 0 radical (unpaired) electrons. The highest BCUT2D eigenvalue weighted by atomic mass is 127. The SMILES string of the molecule is CN=C(NCc1ccoc1)N1CCC(Oc2ccccn2)C1.I. The molecule has 1 saturated heterocycles. The molecule has 23 heavy (non-hydrogen) atoms. The maximum Gasteiger partial charge on any atom is 0.213 e. The van der Waals surface area contributed by atoms with Gasteiger partial charge in [-0.2, -0.15) is 0 Å². The highest BCUT2D eigenvalue weighted by Gasteiger charge is 2.26. The number of aromatic nitrogens is 1. The van der Waals surface area contributed by atoms with Crippen LogP contribution in [0.3, 0.4) is 0 Å². The molecule has 1 aliphatic rings. The Balaban J connectivity index is 0.00000192. The fraction of sp³-hybridized carbons (Fsp3) is 0.375. The van der Waals surface area contributed by atoms with Crippen LogP contribution in [0.15, 0.2) is 52.4 Å². The number of rotatable bonds is 4. The van der Waals surface area contributed by atoms with Crippen molar-refractivity contribution in [1.29, 1.82) is 0 Å². The number of ether oxygens (including phenoxy) is 1. The second-order valence-electron chi connectivity index (χ2n) is 5.17. The molecule has 6 nitrogen and oxygen atoms in total. The fourth-order valence-corrected chi connectivity index (χ4v) is 2.51. The summed E-state index contributed by atoms with van der Waals surface area (Å²) in [6.45, 7) is 2.43. The van der Waals surface area contributed by atoms with Crippen molar-refractivity contribution in [2.45, 2.75) is 19.1 Å². The summed E-state index contributed by atoms with van der Waals surface area (Å²) in [6.07, 6.45) is 6.25. The molecule has 3 rings (SSSR count). The van der Waals surface area contributed by atoms with Crippen molar-refractivity contribution in [2.75, 3.05) is 20.1 Å². The van der Waals surface area contributed by atoms with Gasteiger partial charge in [0.15, 0.2) is 5.96 Å². The van der Waals surface area contributed by atoms with Crippen molar-refractivity contribution in [3.8, 4) is 5.88 Å². The predicted octanol–water partition coefficient (Wildman–Crippen LogP) is 2.52. The zero-order valence-corrected chi connectivity index (χ0v) is 15.3. The van der Waals surface area contributed by atoms with Crippen molar-refractivity contribution in [3.05, 3.63) is 48.6 Å². The van der Waals surface area contributed by atoms with E-state index in [1.165, 1.54) is 0 Å². The van der Waals surface area contributed by atoms with E-state index in [0.29, 0.717) is 12.4 Å². The first-order valence-corrected chi connectivity index (χ1v) is 7.39. The van der Waals surface area contributed by atoms with Gasteiger partial charge in [-0.1, -0.05) is 6.07 Å². The molecule has 0 amide bonds. The number of nitrogens with one attached hydrogen (secondary N) is 1. The molecule has 1 atom stereocenters. The summed E-state index contributed by atoms with van der Waals surface area (Å²) in [5.41, 5.74) is 1.10. The van der Waals surface area contributed by atoms with E-state index in [0.717, 1.165) is 31.0 Å². The molecule has 1 unspecified atom stereocenters. The summed E-state index contributed by atoms with van der Waals surface area (Å²) in [5, 5.41) is 3.34. The quantitative estimate of drug-likeness (QED) is 0.461. The smallest absolute Gasteiger partial charge is 0.213 e. The van der Waals surface area contributed by atoms with Crippen LogP contribution in [0.2, 0.25) is 0 Å². The Morgan fingerprint density at radius 2 is 2.39 bits per heavy atom. The Hall–Kier alpha value is -1.77. The van der Waals surface area contributed by atoms with E-state index in [-0.39, 0.29) is 30.1 Å². The number of guanidine groups is 1. The summed E-state index contributed by atoms with van der Waals surface area (Å²) in [7, 11) is 1.80. The average Bonchev–Trinajstić information content (AvgIpc) is 3.21. The van der Waals surface area contributed by atoms with Gasteiger partial charge in [0, 0.05) is 44.4 Å². The van der Waals surface area contributed by atoms with Gasteiger partial charge in [-0.25, -0.2) is 4.98 Å². The van der Waals surface area contributed by atoms with E-state index in [1.807, 2.05) is 24.3 Å². The number of hydrogen-bond donors (Lipinski definition) is 1. The van der Waals surface area contributed by atoms with Gasteiger partial charge < -0.3 is 19.4 Å². The normalized spacial score (nSPS) is 17.7. The minimum absolute atomic E-state index is 0. The summed E-state index contributed by atoms with van der Waals surface area (Å²) in [4.78, 5) is 10.7. The zero-order chi connectivity index (χ0) is 15.2. The zero-order valence-electron chi connectivity index (χ0n) is 13.0. The highest BCUT2D eigenvalue weighted by Crippen LogP contribution is 2.16. The van der Waals surface area contributed by atoms with Crippen molar-refractivity contribution in [2.24, 2.45) is 4.99 Å². The predicted molar refractivity (Wildman–Crippen MR) is 99.2 cm³/mol. The van der Waals surface area contributed by atoms with Crippen molar-refractivity contribution in [1.82, 2.24) is 15.2 Å². The van der Waals surface area contributed by atoms with Crippen LogP contribution in [0, 0.1) is 0 Å². The highest BCUT2D eigenvalue weighted by molar-refractivity contribution is 14.0. The largest absolute Gasteiger partial charge is 0.472 e. The molecule has 7 heteroatoms. The Bertz CT molecular complexity index is 604. The molecule has 0 saturated carbocycles. The second kappa shape index (κ2) is 8.76. The first kappa shape index (κ1) is 17.6. The molecule has 3 heterocycles. The minimum Gasteiger partial charge on any atom is -0.472 e. The van der Waals surface area contributed by atoms with Crippen LogP contribution in [0.25, 0.3) is 0 Å². The third kappa shape index (κ3) is 4.85. The molecule has 1 fully saturated rings. The number of halogens is 1. The van der Waals surface area contributed by atoms with E-state index in [4.69, 9.17) is 9.15 Å². The lowest BCUT2D eigenvalue weighted by Crippen LogP contribution is -2.40. The Morgan fingerprint density at radius 3 is 3.09 bits per heavy atom. The molecule has 1 N–H and O–H groups in total. The lowest BCUT2D eigenvalue weighted by atomic mass is 10.3. The average molecular weight is 428 g/mol. The third-order valence-corrected chi connectivity index (χ3v) is 3.61. The lowest BCUT2D eigenvalue weighted by Gasteiger charge is -2.21.